The van der Waals surface area contributed by atoms with Gasteiger partial charge in [-0.1, -0.05) is 6.07 Å². The summed E-state index contributed by atoms with van der Waals surface area (Å²) in [5.41, 5.74) is 0.571. The summed E-state index contributed by atoms with van der Waals surface area (Å²) < 4.78 is 27.7. The van der Waals surface area contributed by atoms with E-state index in [0.717, 1.165) is 4.90 Å². The minimum Gasteiger partial charge on any atom is -0.279 e. The fourth-order valence-corrected chi connectivity index (χ4v) is 5.21. The Morgan fingerprint density at radius 3 is 2.72 bits per heavy atom. The second-order valence-electron chi connectivity index (χ2n) is 3.39. The van der Waals surface area contributed by atoms with E-state index in [1.54, 1.807) is 29.3 Å². The molecule has 2 aromatic rings. The van der Waals surface area contributed by atoms with Crippen LogP contribution in [0.15, 0.2) is 49.3 Å². The molecule has 0 aliphatic rings. The fraction of sp³-hybridized carbons (Fsp3) is 0.0909. The van der Waals surface area contributed by atoms with Crippen molar-refractivity contribution in [2.24, 2.45) is 0 Å². The van der Waals surface area contributed by atoms with Gasteiger partial charge in [0.15, 0.2) is 4.21 Å². The molecule has 1 aromatic heterocycles. The van der Waals surface area contributed by atoms with Crippen LogP contribution in [0, 0.1) is 0 Å². The highest BCUT2D eigenvalue weighted by molar-refractivity contribution is 9.10. The van der Waals surface area contributed by atoms with E-state index in [1.165, 1.54) is 11.3 Å². The Balaban J connectivity index is 2.31. The van der Waals surface area contributed by atoms with Crippen molar-refractivity contribution in [1.29, 1.82) is 0 Å². The molecule has 1 heterocycles. The van der Waals surface area contributed by atoms with Gasteiger partial charge in [-0.3, -0.25) is 4.72 Å². The Hall–Kier alpha value is -0.500. The third-order valence-electron chi connectivity index (χ3n) is 2.15. The number of hydrogen-bond acceptors (Lipinski definition) is 4. The highest BCUT2D eigenvalue weighted by Crippen LogP contribution is 2.29. The first-order valence-corrected chi connectivity index (χ1v) is 9.31. The number of benzene rings is 1. The predicted molar refractivity (Wildman–Crippen MR) is 81.1 cm³/mol. The van der Waals surface area contributed by atoms with Crippen LogP contribution in [0.3, 0.4) is 0 Å². The summed E-state index contributed by atoms with van der Waals surface area (Å²) in [6.07, 6.45) is 1.95. The summed E-state index contributed by atoms with van der Waals surface area (Å²) in [6.45, 7) is 0. The largest absolute Gasteiger partial charge is 0.279 e. The number of thioether (sulfide) groups is 1. The number of halogens is 1. The van der Waals surface area contributed by atoms with E-state index in [2.05, 4.69) is 20.7 Å². The first-order valence-electron chi connectivity index (χ1n) is 4.93. The van der Waals surface area contributed by atoms with Gasteiger partial charge in [-0.05, 0) is 51.8 Å². The van der Waals surface area contributed by atoms with Gasteiger partial charge in [-0.25, -0.2) is 8.42 Å². The summed E-state index contributed by atoms with van der Waals surface area (Å²) in [6, 6.07) is 9.02. The topological polar surface area (TPSA) is 46.2 Å². The second-order valence-corrected chi connectivity index (χ2v) is 7.92. The normalized spacial score (nSPS) is 11.4. The smallest absolute Gasteiger partial charge is 0.272 e. The predicted octanol–water partition coefficient (Wildman–Crippen LogP) is 4.03. The SMILES string of the molecule is CSc1cccc(NS(=O)(=O)c2sccc2Br)c1. The lowest BCUT2D eigenvalue weighted by Gasteiger charge is -2.07. The van der Waals surface area contributed by atoms with E-state index in [0.29, 0.717) is 10.2 Å². The molecule has 2 rings (SSSR count). The Bertz CT molecular complexity index is 652. The monoisotopic (exact) mass is 363 g/mol. The standard InChI is InChI=1S/C11H10BrNO2S3/c1-16-9-4-2-3-8(7-9)13-18(14,15)11-10(12)5-6-17-11/h2-7,13H,1H3. The molecule has 0 aliphatic heterocycles. The van der Waals surface area contributed by atoms with E-state index in [-0.39, 0.29) is 4.21 Å². The average molecular weight is 364 g/mol. The van der Waals surface area contributed by atoms with Crippen LogP contribution in [0.5, 0.6) is 0 Å². The van der Waals surface area contributed by atoms with Gasteiger partial charge in [0.1, 0.15) is 0 Å². The Morgan fingerprint density at radius 2 is 2.11 bits per heavy atom. The molecular formula is C11H10BrNO2S3. The van der Waals surface area contributed by atoms with E-state index in [4.69, 9.17) is 0 Å². The van der Waals surface area contributed by atoms with Crippen LogP contribution >= 0.6 is 39.0 Å². The number of thiophene rings is 1. The maximum atomic E-state index is 12.1. The van der Waals surface area contributed by atoms with Gasteiger partial charge in [0.25, 0.3) is 10.0 Å². The lowest BCUT2D eigenvalue weighted by atomic mass is 10.3. The Kier molecular flexibility index (Phi) is 4.37. The molecular weight excluding hydrogens is 354 g/mol. The van der Waals surface area contributed by atoms with Gasteiger partial charge in [-0.2, -0.15) is 0 Å². The van der Waals surface area contributed by atoms with Crippen molar-refractivity contribution in [2.75, 3.05) is 11.0 Å². The molecule has 1 aromatic carbocycles. The molecule has 0 saturated heterocycles. The summed E-state index contributed by atoms with van der Waals surface area (Å²) in [7, 11) is -3.51. The molecule has 96 valence electrons. The molecule has 7 heteroatoms. The van der Waals surface area contributed by atoms with Crippen LogP contribution in [0.1, 0.15) is 0 Å². The molecule has 0 fully saturated rings. The zero-order valence-electron chi connectivity index (χ0n) is 9.38. The average Bonchev–Trinajstić information content (AvgIpc) is 2.76. The van der Waals surface area contributed by atoms with Crippen LogP contribution in [-0.2, 0) is 10.0 Å². The minimum absolute atomic E-state index is 0.289. The minimum atomic E-state index is -3.51. The Morgan fingerprint density at radius 1 is 1.33 bits per heavy atom. The Labute approximate surface area is 123 Å². The molecule has 0 radical (unpaired) electrons. The highest BCUT2D eigenvalue weighted by Gasteiger charge is 2.19. The van der Waals surface area contributed by atoms with E-state index in [1.807, 2.05) is 24.5 Å². The van der Waals surface area contributed by atoms with E-state index in [9.17, 15) is 8.42 Å². The third-order valence-corrected chi connectivity index (χ3v) is 6.93. The highest BCUT2D eigenvalue weighted by atomic mass is 79.9. The van der Waals surface area contributed by atoms with Gasteiger partial charge in [0.05, 0.1) is 0 Å². The number of nitrogens with one attached hydrogen (secondary N) is 1. The van der Waals surface area contributed by atoms with Crippen LogP contribution in [0.4, 0.5) is 5.69 Å². The molecule has 0 bridgehead atoms. The molecule has 0 atom stereocenters. The second kappa shape index (κ2) is 5.64. The maximum Gasteiger partial charge on any atom is 0.272 e. The molecule has 18 heavy (non-hydrogen) atoms. The van der Waals surface area contributed by atoms with Gasteiger partial charge in [0, 0.05) is 15.1 Å². The molecule has 3 nitrogen and oxygen atoms in total. The molecule has 0 spiro atoms. The van der Waals surface area contributed by atoms with E-state index < -0.39 is 10.0 Å². The summed E-state index contributed by atoms with van der Waals surface area (Å²) in [5.74, 6) is 0. The molecule has 0 unspecified atom stereocenters. The number of rotatable bonds is 4. The summed E-state index contributed by atoms with van der Waals surface area (Å²) in [5, 5.41) is 1.73. The van der Waals surface area contributed by atoms with Crippen LogP contribution < -0.4 is 4.72 Å². The zero-order chi connectivity index (χ0) is 13.2. The molecule has 1 N–H and O–H groups in total. The molecule has 0 aliphatic carbocycles. The van der Waals surface area contributed by atoms with Crippen molar-refractivity contribution in [3.05, 3.63) is 40.2 Å². The van der Waals surface area contributed by atoms with Gasteiger partial charge in [0.2, 0.25) is 0 Å². The van der Waals surface area contributed by atoms with E-state index >= 15 is 0 Å². The lowest BCUT2D eigenvalue weighted by Crippen LogP contribution is -2.11. The van der Waals surface area contributed by atoms with Gasteiger partial charge in [-0.15, -0.1) is 23.1 Å². The van der Waals surface area contributed by atoms with Crippen LogP contribution in [0.2, 0.25) is 0 Å². The van der Waals surface area contributed by atoms with Crippen LogP contribution in [-0.4, -0.2) is 14.7 Å². The number of hydrogen-bond donors (Lipinski definition) is 1. The summed E-state index contributed by atoms with van der Waals surface area (Å²) in [4.78, 5) is 1.01. The van der Waals surface area contributed by atoms with Crippen molar-refractivity contribution < 1.29 is 8.42 Å². The fourth-order valence-electron chi connectivity index (χ4n) is 1.36. The first-order chi connectivity index (χ1) is 8.53. The quantitative estimate of drug-likeness (QED) is 0.833. The number of anilines is 1. The van der Waals surface area contributed by atoms with Crippen molar-refractivity contribution in [1.82, 2.24) is 0 Å². The van der Waals surface area contributed by atoms with Gasteiger partial charge < -0.3 is 0 Å². The third kappa shape index (κ3) is 3.09. The van der Waals surface area contributed by atoms with Crippen molar-refractivity contribution in [3.63, 3.8) is 0 Å². The lowest BCUT2D eigenvalue weighted by molar-refractivity contribution is 0.603. The molecule has 0 amide bonds. The van der Waals surface area contributed by atoms with Crippen LogP contribution in [0.25, 0.3) is 0 Å². The van der Waals surface area contributed by atoms with Crippen molar-refractivity contribution >= 4 is 54.7 Å². The zero-order valence-corrected chi connectivity index (χ0v) is 13.4. The molecule has 0 saturated carbocycles. The first kappa shape index (κ1) is 13.9. The van der Waals surface area contributed by atoms with Crippen molar-refractivity contribution in [2.45, 2.75) is 9.10 Å². The van der Waals surface area contributed by atoms with Gasteiger partial charge >= 0.3 is 0 Å². The van der Waals surface area contributed by atoms with Crippen molar-refractivity contribution in [3.8, 4) is 0 Å². The number of sulfonamides is 1. The maximum absolute atomic E-state index is 12.1. The summed E-state index contributed by atoms with van der Waals surface area (Å²) >= 11 is 5.98.